The standard InChI is InChI=1S/C20H23N7O2S2/c1-2-5-27-17(23-24-25-27)12-29-19-18-14(15-4-3-10-30-15)13-31-20(18)22-16(21-19)11-26-6-8-28-9-7-26/h3-4,10,13H,2,5-9,11-12H2,1H3. The van der Waals surface area contributed by atoms with Crippen LogP contribution in [-0.2, 0) is 24.4 Å². The van der Waals surface area contributed by atoms with Crippen molar-refractivity contribution in [1.82, 2.24) is 35.1 Å². The lowest BCUT2D eigenvalue weighted by molar-refractivity contribution is 0.0330. The van der Waals surface area contributed by atoms with Crippen LogP contribution in [0.4, 0.5) is 0 Å². The van der Waals surface area contributed by atoms with Gasteiger partial charge in [-0.25, -0.2) is 9.67 Å². The molecule has 11 heteroatoms. The maximum absolute atomic E-state index is 6.23. The van der Waals surface area contributed by atoms with Crippen LogP contribution >= 0.6 is 22.7 Å². The fourth-order valence-corrected chi connectivity index (χ4v) is 5.32. The lowest BCUT2D eigenvalue weighted by Gasteiger charge is -2.25. The lowest BCUT2D eigenvalue weighted by Crippen LogP contribution is -2.36. The molecule has 1 aliphatic heterocycles. The zero-order chi connectivity index (χ0) is 21.0. The third-order valence-electron chi connectivity index (χ3n) is 5.08. The molecular formula is C20H23N7O2S2. The number of hydrogen-bond donors (Lipinski definition) is 0. The van der Waals surface area contributed by atoms with Crippen LogP contribution in [-0.4, -0.2) is 61.4 Å². The molecule has 0 aromatic carbocycles. The average molecular weight is 458 g/mol. The van der Waals surface area contributed by atoms with Crippen molar-refractivity contribution in [2.45, 2.75) is 33.0 Å². The first-order valence-electron chi connectivity index (χ1n) is 10.3. The van der Waals surface area contributed by atoms with Gasteiger partial charge in [-0.15, -0.1) is 27.8 Å². The van der Waals surface area contributed by atoms with Gasteiger partial charge in [0.05, 0.1) is 25.1 Å². The molecule has 0 bridgehead atoms. The second kappa shape index (κ2) is 9.35. The second-order valence-electron chi connectivity index (χ2n) is 7.25. The monoisotopic (exact) mass is 457 g/mol. The maximum Gasteiger partial charge on any atom is 0.226 e. The van der Waals surface area contributed by atoms with Gasteiger partial charge in [-0.05, 0) is 28.3 Å². The molecule has 0 atom stereocenters. The summed E-state index contributed by atoms with van der Waals surface area (Å²) in [6.07, 6.45) is 0.951. The summed E-state index contributed by atoms with van der Waals surface area (Å²) in [4.78, 5) is 14.1. The molecule has 1 fully saturated rings. The van der Waals surface area contributed by atoms with Gasteiger partial charge in [0, 0.05) is 35.5 Å². The number of hydrogen-bond acceptors (Lipinski definition) is 10. The number of fused-ring (bicyclic) bond motifs is 1. The Morgan fingerprint density at radius 3 is 2.90 bits per heavy atom. The average Bonchev–Trinajstić information content (AvgIpc) is 3.54. The predicted octanol–water partition coefficient (Wildman–Crippen LogP) is 3.23. The molecule has 4 aromatic heterocycles. The van der Waals surface area contributed by atoms with E-state index >= 15 is 0 Å². The number of aromatic nitrogens is 6. The predicted molar refractivity (Wildman–Crippen MR) is 119 cm³/mol. The summed E-state index contributed by atoms with van der Waals surface area (Å²) >= 11 is 3.32. The molecule has 0 saturated carbocycles. The number of rotatable bonds is 8. The van der Waals surface area contributed by atoms with E-state index in [1.165, 1.54) is 4.88 Å². The normalized spacial score (nSPS) is 15.0. The Morgan fingerprint density at radius 2 is 2.10 bits per heavy atom. The first kappa shape index (κ1) is 20.4. The summed E-state index contributed by atoms with van der Waals surface area (Å²) in [6, 6.07) is 4.16. The first-order valence-corrected chi connectivity index (χ1v) is 12.1. The molecule has 31 heavy (non-hydrogen) atoms. The molecular weight excluding hydrogens is 434 g/mol. The molecule has 0 radical (unpaired) electrons. The molecule has 1 saturated heterocycles. The molecule has 0 aliphatic carbocycles. The van der Waals surface area contributed by atoms with Gasteiger partial charge < -0.3 is 9.47 Å². The highest BCUT2D eigenvalue weighted by atomic mass is 32.1. The number of aryl methyl sites for hydroxylation is 1. The minimum absolute atomic E-state index is 0.260. The van der Waals surface area contributed by atoms with Crippen molar-refractivity contribution in [2.75, 3.05) is 26.3 Å². The van der Waals surface area contributed by atoms with E-state index in [0.717, 1.165) is 60.9 Å². The van der Waals surface area contributed by atoms with E-state index in [2.05, 4.69) is 50.2 Å². The van der Waals surface area contributed by atoms with Gasteiger partial charge in [-0.3, -0.25) is 4.90 Å². The van der Waals surface area contributed by atoms with Gasteiger partial charge in [0.25, 0.3) is 0 Å². The largest absolute Gasteiger partial charge is 0.469 e. The van der Waals surface area contributed by atoms with Gasteiger partial charge in [-0.1, -0.05) is 13.0 Å². The van der Waals surface area contributed by atoms with Crippen LogP contribution in [0.3, 0.4) is 0 Å². The highest BCUT2D eigenvalue weighted by Crippen LogP contribution is 2.40. The maximum atomic E-state index is 6.23. The van der Waals surface area contributed by atoms with Crippen LogP contribution in [0.5, 0.6) is 5.88 Å². The summed E-state index contributed by atoms with van der Waals surface area (Å²) in [5.41, 5.74) is 1.11. The van der Waals surface area contributed by atoms with Crippen molar-refractivity contribution in [3.8, 4) is 16.3 Å². The summed E-state index contributed by atoms with van der Waals surface area (Å²) < 4.78 is 13.5. The third-order valence-corrected chi connectivity index (χ3v) is 6.86. The lowest BCUT2D eigenvalue weighted by atomic mass is 10.2. The van der Waals surface area contributed by atoms with E-state index in [1.54, 1.807) is 27.4 Å². The van der Waals surface area contributed by atoms with Crippen LogP contribution in [0, 0.1) is 0 Å². The van der Waals surface area contributed by atoms with Crippen LogP contribution in [0.15, 0.2) is 22.9 Å². The van der Waals surface area contributed by atoms with Gasteiger partial charge in [-0.2, -0.15) is 4.98 Å². The highest BCUT2D eigenvalue weighted by Gasteiger charge is 2.20. The minimum Gasteiger partial charge on any atom is -0.469 e. The van der Waals surface area contributed by atoms with Crippen LogP contribution in [0.25, 0.3) is 20.7 Å². The number of tetrazole rings is 1. The first-order chi connectivity index (χ1) is 15.3. The van der Waals surface area contributed by atoms with Gasteiger partial charge in [0.1, 0.15) is 10.7 Å². The zero-order valence-corrected chi connectivity index (χ0v) is 18.9. The molecule has 1 aliphatic rings. The van der Waals surface area contributed by atoms with Gasteiger partial charge in [0.2, 0.25) is 5.88 Å². The van der Waals surface area contributed by atoms with E-state index in [9.17, 15) is 0 Å². The quantitative estimate of drug-likeness (QED) is 0.398. The summed E-state index contributed by atoms with van der Waals surface area (Å²) in [7, 11) is 0. The summed E-state index contributed by atoms with van der Waals surface area (Å²) in [6.45, 7) is 7.04. The zero-order valence-electron chi connectivity index (χ0n) is 17.2. The van der Waals surface area contributed by atoms with Crippen molar-refractivity contribution in [2.24, 2.45) is 0 Å². The second-order valence-corrected chi connectivity index (χ2v) is 9.05. The molecule has 9 nitrogen and oxygen atoms in total. The Balaban J connectivity index is 1.49. The summed E-state index contributed by atoms with van der Waals surface area (Å²) in [5, 5.41) is 17.1. The molecule has 5 heterocycles. The van der Waals surface area contributed by atoms with Crippen LogP contribution in [0.2, 0.25) is 0 Å². The third kappa shape index (κ3) is 4.45. The Bertz CT molecular complexity index is 1140. The number of thiophene rings is 2. The van der Waals surface area contributed by atoms with Crippen molar-refractivity contribution < 1.29 is 9.47 Å². The Kier molecular flexibility index (Phi) is 6.16. The Hall–Kier alpha value is -2.47. The molecule has 0 spiro atoms. The van der Waals surface area contributed by atoms with Crippen molar-refractivity contribution >= 4 is 32.9 Å². The number of nitrogens with zero attached hydrogens (tertiary/aromatic N) is 7. The topological polar surface area (TPSA) is 91.1 Å². The van der Waals surface area contributed by atoms with E-state index in [1.807, 2.05) is 0 Å². The molecule has 0 unspecified atom stereocenters. The SMILES string of the molecule is CCCn1nnnc1COc1nc(CN2CCOCC2)nc2scc(-c3cccs3)c12. The van der Waals surface area contributed by atoms with E-state index in [4.69, 9.17) is 19.4 Å². The molecule has 0 amide bonds. The van der Waals surface area contributed by atoms with Gasteiger partial charge in [0.15, 0.2) is 12.4 Å². The molecule has 0 N–H and O–H groups in total. The fourth-order valence-electron chi connectivity index (χ4n) is 3.54. The van der Waals surface area contributed by atoms with Crippen LogP contribution in [0.1, 0.15) is 25.0 Å². The van der Waals surface area contributed by atoms with Gasteiger partial charge >= 0.3 is 0 Å². The molecule has 4 aromatic rings. The smallest absolute Gasteiger partial charge is 0.226 e. The Labute approximate surface area is 187 Å². The highest BCUT2D eigenvalue weighted by molar-refractivity contribution is 7.18. The van der Waals surface area contributed by atoms with Crippen LogP contribution < -0.4 is 4.74 Å². The number of ether oxygens (including phenoxy) is 2. The fraction of sp³-hybridized carbons (Fsp3) is 0.450. The van der Waals surface area contributed by atoms with E-state index in [-0.39, 0.29) is 6.61 Å². The minimum atomic E-state index is 0.260. The van der Waals surface area contributed by atoms with Crippen molar-refractivity contribution in [3.05, 3.63) is 34.5 Å². The van der Waals surface area contributed by atoms with E-state index < -0.39 is 0 Å². The number of morpholine rings is 1. The molecule has 5 rings (SSSR count). The van der Waals surface area contributed by atoms with E-state index in [0.29, 0.717) is 18.2 Å². The Morgan fingerprint density at radius 1 is 1.19 bits per heavy atom. The van der Waals surface area contributed by atoms with Crippen molar-refractivity contribution in [1.29, 1.82) is 0 Å². The molecule has 162 valence electrons. The van der Waals surface area contributed by atoms with Crippen molar-refractivity contribution in [3.63, 3.8) is 0 Å². The summed E-state index contributed by atoms with van der Waals surface area (Å²) in [5.74, 6) is 2.04.